The van der Waals surface area contributed by atoms with Gasteiger partial charge in [-0.2, -0.15) is 0 Å². The number of aromatic nitrogens is 2. The molecule has 2 aromatic rings. The van der Waals surface area contributed by atoms with Gasteiger partial charge in [0, 0.05) is 12.4 Å². The molecule has 1 aromatic carbocycles. The standard InChI is InChI=1S/C15H17N3O3/c1-15(2,3)12(14(20)21)18-13(19)9-5-4-6-10-11(9)17-8-7-16-10/h4-8,12H,1-3H3,(H,18,19)(H,20,21). The van der Waals surface area contributed by atoms with E-state index >= 15 is 0 Å². The van der Waals surface area contributed by atoms with Crippen molar-refractivity contribution in [3.8, 4) is 0 Å². The van der Waals surface area contributed by atoms with Gasteiger partial charge in [0.2, 0.25) is 0 Å². The Morgan fingerprint density at radius 3 is 2.48 bits per heavy atom. The van der Waals surface area contributed by atoms with E-state index in [0.717, 1.165) is 0 Å². The van der Waals surface area contributed by atoms with E-state index in [4.69, 9.17) is 0 Å². The molecule has 1 atom stereocenters. The van der Waals surface area contributed by atoms with Gasteiger partial charge in [-0.25, -0.2) is 4.79 Å². The van der Waals surface area contributed by atoms with E-state index in [-0.39, 0.29) is 0 Å². The number of hydrogen-bond donors (Lipinski definition) is 2. The van der Waals surface area contributed by atoms with Crippen molar-refractivity contribution in [1.29, 1.82) is 0 Å². The lowest BCUT2D eigenvalue weighted by Gasteiger charge is -2.27. The molecule has 6 nitrogen and oxygen atoms in total. The second kappa shape index (κ2) is 5.47. The highest BCUT2D eigenvalue weighted by Gasteiger charge is 2.33. The summed E-state index contributed by atoms with van der Waals surface area (Å²) in [5.41, 5.74) is 0.761. The number of aliphatic carboxylic acids is 1. The van der Waals surface area contributed by atoms with E-state index in [0.29, 0.717) is 16.6 Å². The summed E-state index contributed by atoms with van der Waals surface area (Å²) in [6.45, 7) is 5.28. The molecule has 0 aliphatic heterocycles. The third-order valence-corrected chi connectivity index (χ3v) is 3.13. The van der Waals surface area contributed by atoms with Gasteiger partial charge in [0.25, 0.3) is 5.91 Å². The SMILES string of the molecule is CC(C)(C)C(NC(=O)c1cccc2nccnc12)C(=O)O. The quantitative estimate of drug-likeness (QED) is 0.899. The first-order valence-corrected chi connectivity index (χ1v) is 6.54. The molecule has 21 heavy (non-hydrogen) atoms. The van der Waals surface area contributed by atoms with Crippen LogP contribution in [0.25, 0.3) is 11.0 Å². The number of carboxylic acid groups (broad SMARTS) is 1. The molecule has 2 rings (SSSR count). The minimum absolute atomic E-state index is 0.316. The third-order valence-electron chi connectivity index (χ3n) is 3.13. The van der Waals surface area contributed by atoms with Crippen LogP contribution in [-0.4, -0.2) is 33.0 Å². The number of benzene rings is 1. The van der Waals surface area contributed by atoms with Crippen LogP contribution < -0.4 is 5.32 Å². The Morgan fingerprint density at radius 2 is 1.86 bits per heavy atom. The average Bonchev–Trinajstić information content (AvgIpc) is 2.42. The van der Waals surface area contributed by atoms with E-state index in [1.807, 2.05) is 0 Å². The minimum atomic E-state index is -1.07. The van der Waals surface area contributed by atoms with Crippen LogP contribution in [0.1, 0.15) is 31.1 Å². The fourth-order valence-corrected chi connectivity index (χ4v) is 2.03. The molecule has 0 radical (unpaired) electrons. The Hall–Kier alpha value is -2.50. The van der Waals surface area contributed by atoms with E-state index < -0.39 is 23.3 Å². The molecule has 0 aliphatic carbocycles. The molecular formula is C15H17N3O3. The van der Waals surface area contributed by atoms with Gasteiger partial charge in [-0.05, 0) is 17.5 Å². The van der Waals surface area contributed by atoms with E-state index in [1.165, 1.54) is 6.20 Å². The molecule has 110 valence electrons. The lowest BCUT2D eigenvalue weighted by atomic mass is 9.86. The predicted octanol–water partition coefficient (Wildman–Crippen LogP) is 1.86. The number of nitrogens with one attached hydrogen (secondary N) is 1. The monoisotopic (exact) mass is 287 g/mol. The summed E-state index contributed by atoms with van der Waals surface area (Å²) in [5, 5.41) is 11.8. The van der Waals surface area contributed by atoms with Gasteiger partial charge in [0.15, 0.2) is 0 Å². The smallest absolute Gasteiger partial charge is 0.326 e. The van der Waals surface area contributed by atoms with Gasteiger partial charge in [-0.3, -0.25) is 14.8 Å². The summed E-state index contributed by atoms with van der Waals surface area (Å²) in [5.74, 6) is -1.54. The average molecular weight is 287 g/mol. The van der Waals surface area contributed by atoms with Crippen LogP contribution in [-0.2, 0) is 4.79 Å². The maximum Gasteiger partial charge on any atom is 0.326 e. The normalized spacial score (nSPS) is 12.9. The zero-order valence-corrected chi connectivity index (χ0v) is 12.1. The molecule has 0 spiro atoms. The predicted molar refractivity (Wildman–Crippen MR) is 77.9 cm³/mol. The number of para-hydroxylation sites is 1. The van der Waals surface area contributed by atoms with Crippen molar-refractivity contribution in [2.45, 2.75) is 26.8 Å². The first-order valence-electron chi connectivity index (χ1n) is 6.54. The van der Waals surface area contributed by atoms with Gasteiger partial charge in [0.1, 0.15) is 11.6 Å². The fourth-order valence-electron chi connectivity index (χ4n) is 2.03. The Balaban J connectivity index is 2.37. The van der Waals surface area contributed by atoms with E-state index in [9.17, 15) is 14.7 Å². The van der Waals surface area contributed by atoms with Crippen LogP contribution in [0, 0.1) is 5.41 Å². The minimum Gasteiger partial charge on any atom is -0.480 e. The lowest BCUT2D eigenvalue weighted by Crippen LogP contribution is -2.49. The zero-order chi connectivity index (χ0) is 15.6. The molecule has 0 saturated heterocycles. The molecule has 1 aromatic heterocycles. The van der Waals surface area contributed by atoms with Crippen molar-refractivity contribution in [3.05, 3.63) is 36.2 Å². The Bertz CT molecular complexity index is 687. The lowest BCUT2D eigenvalue weighted by molar-refractivity contribution is -0.142. The zero-order valence-electron chi connectivity index (χ0n) is 12.1. The number of carbonyl (C=O) groups excluding carboxylic acids is 1. The molecule has 0 saturated carbocycles. The first kappa shape index (κ1) is 14.9. The second-order valence-corrected chi connectivity index (χ2v) is 5.84. The Morgan fingerprint density at radius 1 is 1.19 bits per heavy atom. The van der Waals surface area contributed by atoms with Crippen LogP contribution in [0.2, 0.25) is 0 Å². The molecule has 2 N–H and O–H groups in total. The van der Waals surface area contributed by atoms with E-state index in [1.54, 1.807) is 45.2 Å². The number of fused-ring (bicyclic) bond motifs is 1. The fraction of sp³-hybridized carbons (Fsp3) is 0.333. The Kier molecular flexibility index (Phi) is 3.88. The molecule has 0 bridgehead atoms. The second-order valence-electron chi connectivity index (χ2n) is 5.84. The third kappa shape index (κ3) is 3.16. The summed E-state index contributed by atoms with van der Waals surface area (Å²) < 4.78 is 0. The highest BCUT2D eigenvalue weighted by atomic mass is 16.4. The largest absolute Gasteiger partial charge is 0.480 e. The van der Waals surface area contributed by atoms with Crippen molar-refractivity contribution in [2.75, 3.05) is 0 Å². The summed E-state index contributed by atoms with van der Waals surface area (Å²) in [6.07, 6.45) is 3.04. The Labute approximate surface area is 122 Å². The number of carboxylic acids is 1. The molecule has 0 aliphatic rings. The highest BCUT2D eigenvalue weighted by Crippen LogP contribution is 2.21. The molecule has 6 heteroatoms. The maximum absolute atomic E-state index is 12.4. The number of carbonyl (C=O) groups is 2. The van der Waals surface area contributed by atoms with Crippen LogP contribution in [0.3, 0.4) is 0 Å². The maximum atomic E-state index is 12.4. The molecule has 0 fully saturated rings. The first-order chi connectivity index (χ1) is 9.80. The van der Waals surface area contributed by atoms with Crippen molar-refractivity contribution >= 4 is 22.9 Å². The summed E-state index contributed by atoms with van der Waals surface area (Å²) >= 11 is 0. The summed E-state index contributed by atoms with van der Waals surface area (Å²) in [4.78, 5) is 32.0. The van der Waals surface area contributed by atoms with Crippen LogP contribution >= 0.6 is 0 Å². The molecule has 1 heterocycles. The van der Waals surface area contributed by atoms with E-state index in [2.05, 4.69) is 15.3 Å². The highest BCUT2D eigenvalue weighted by molar-refractivity contribution is 6.05. The molecular weight excluding hydrogens is 270 g/mol. The summed E-state index contributed by atoms with van der Waals surface area (Å²) in [6, 6.07) is 4.06. The molecule has 1 unspecified atom stereocenters. The van der Waals surface area contributed by atoms with Crippen LogP contribution in [0.5, 0.6) is 0 Å². The number of hydrogen-bond acceptors (Lipinski definition) is 4. The summed E-state index contributed by atoms with van der Waals surface area (Å²) in [7, 11) is 0. The van der Waals surface area contributed by atoms with Crippen molar-refractivity contribution in [2.24, 2.45) is 5.41 Å². The van der Waals surface area contributed by atoms with Gasteiger partial charge < -0.3 is 10.4 Å². The van der Waals surface area contributed by atoms with Gasteiger partial charge in [0.05, 0.1) is 11.1 Å². The van der Waals surface area contributed by atoms with Crippen molar-refractivity contribution < 1.29 is 14.7 Å². The van der Waals surface area contributed by atoms with Gasteiger partial charge in [-0.15, -0.1) is 0 Å². The molecule has 1 amide bonds. The van der Waals surface area contributed by atoms with Gasteiger partial charge in [-0.1, -0.05) is 26.8 Å². The van der Waals surface area contributed by atoms with Crippen molar-refractivity contribution in [3.63, 3.8) is 0 Å². The van der Waals surface area contributed by atoms with Crippen LogP contribution in [0.15, 0.2) is 30.6 Å². The van der Waals surface area contributed by atoms with Gasteiger partial charge >= 0.3 is 5.97 Å². The number of amides is 1. The van der Waals surface area contributed by atoms with Crippen LogP contribution in [0.4, 0.5) is 0 Å². The number of nitrogens with zero attached hydrogens (tertiary/aromatic N) is 2. The van der Waals surface area contributed by atoms with Crippen molar-refractivity contribution in [1.82, 2.24) is 15.3 Å². The number of rotatable bonds is 3. The topological polar surface area (TPSA) is 92.2 Å².